The van der Waals surface area contributed by atoms with Crippen LogP contribution in [0.25, 0.3) is 0 Å². The van der Waals surface area contributed by atoms with Gasteiger partial charge >= 0.3 is 0 Å². The van der Waals surface area contributed by atoms with E-state index in [9.17, 15) is 5.11 Å². The first-order valence-electron chi connectivity index (χ1n) is 6.95. The first-order chi connectivity index (χ1) is 10.2. The molecule has 110 valence electrons. The van der Waals surface area contributed by atoms with E-state index in [1.165, 1.54) is 0 Å². The Morgan fingerprint density at radius 3 is 2.71 bits per heavy atom. The molecule has 3 nitrogen and oxygen atoms in total. The lowest BCUT2D eigenvalue weighted by molar-refractivity contribution is 0.213. The van der Waals surface area contributed by atoms with E-state index in [-0.39, 0.29) is 0 Å². The first kappa shape index (κ1) is 14.2. The van der Waals surface area contributed by atoms with Gasteiger partial charge in [0.05, 0.1) is 13.2 Å². The molecule has 0 spiro atoms. The average molecular weight is 305 g/mol. The third kappa shape index (κ3) is 3.31. The van der Waals surface area contributed by atoms with Gasteiger partial charge in [-0.15, -0.1) is 0 Å². The quantitative estimate of drug-likeness (QED) is 0.908. The molecule has 21 heavy (non-hydrogen) atoms. The molecule has 0 heterocycles. The summed E-state index contributed by atoms with van der Waals surface area (Å²) in [7, 11) is 1.58. The lowest BCUT2D eigenvalue weighted by atomic mass is 10.0. The summed E-state index contributed by atoms with van der Waals surface area (Å²) in [5.41, 5.74) is 1.40. The van der Waals surface area contributed by atoms with Crippen molar-refractivity contribution in [3.05, 3.63) is 58.6 Å². The highest BCUT2D eigenvalue weighted by Gasteiger charge is 2.24. The second-order valence-electron chi connectivity index (χ2n) is 5.18. The van der Waals surface area contributed by atoms with E-state index >= 15 is 0 Å². The number of benzene rings is 2. The smallest absolute Gasteiger partial charge is 0.125 e. The first-order valence-corrected chi connectivity index (χ1v) is 7.33. The zero-order chi connectivity index (χ0) is 14.8. The molecule has 3 rings (SSSR count). The van der Waals surface area contributed by atoms with Crippen molar-refractivity contribution in [2.24, 2.45) is 0 Å². The minimum Gasteiger partial charge on any atom is -0.496 e. The summed E-state index contributed by atoms with van der Waals surface area (Å²) in [6, 6.07) is 12.7. The van der Waals surface area contributed by atoms with Gasteiger partial charge in [-0.25, -0.2) is 0 Å². The number of ether oxygens (including phenoxy) is 2. The molecule has 2 aromatic rings. The summed E-state index contributed by atoms with van der Waals surface area (Å²) in [5.74, 6) is 1.40. The van der Waals surface area contributed by atoms with Crippen LogP contribution in [-0.4, -0.2) is 18.3 Å². The molecule has 0 bridgehead atoms. The Hall–Kier alpha value is -1.71. The summed E-state index contributed by atoms with van der Waals surface area (Å²) in [5, 5.41) is 11.2. The predicted octanol–water partition coefficient (Wildman–Crippen LogP) is 3.97. The molecule has 0 aliphatic heterocycles. The van der Waals surface area contributed by atoms with Crippen molar-refractivity contribution < 1.29 is 14.6 Å². The van der Waals surface area contributed by atoms with Gasteiger partial charge in [0.25, 0.3) is 0 Å². The minimum absolute atomic E-state index is 0.332. The van der Waals surface area contributed by atoms with E-state index in [1.54, 1.807) is 25.3 Å². The van der Waals surface area contributed by atoms with Crippen molar-refractivity contribution in [3.8, 4) is 11.5 Å². The number of aliphatic hydroxyl groups excluding tert-OH is 1. The topological polar surface area (TPSA) is 38.7 Å². The molecule has 0 saturated heterocycles. The fraction of sp³-hybridized carbons (Fsp3) is 0.294. The van der Waals surface area contributed by atoms with Crippen LogP contribution in [0, 0.1) is 0 Å². The number of hydrogen-bond acceptors (Lipinski definition) is 3. The third-order valence-electron chi connectivity index (χ3n) is 3.49. The maximum atomic E-state index is 10.6. The van der Waals surface area contributed by atoms with E-state index in [2.05, 4.69) is 0 Å². The summed E-state index contributed by atoms with van der Waals surface area (Å²) < 4.78 is 11.1. The van der Waals surface area contributed by atoms with Gasteiger partial charge in [0, 0.05) is 10.6 Å². The van der Waals surface area contributed by atoms with E-state index in [0.29, 0.717) is 22.4 Å². The van der Waals surface area contributed by atoms with Crippen LogP contribution in [0.1, 0.15) is 30.1 Å². The summed E-state index contributed by atoms with van der Waals surface area (Å²) in [4.78, 5) is 0. The lowest BCUT2D eigenvalue weighted by Gasteiger charge is -2.16. The van der Waals surface area contributed by atoms with Crippen LogP contribution in [0.2, 0.25) is 5.02 Å². The van der Waals surface area contributed by atoms with Gasteiger partial charge in [0.2, 0.25) is 0 Å². The molecule has 1 aliphatic rings. The van der Waals surface area contributed by atoms with Crippen molar-refractivity contribution in [1.82, 2.24) is 0 Å². The van der Waals surface area contributed by atoms with E-state index in [4.69, 9.17) is 21.1 Å². The number of methoxy groups -OCH3 is 1. The van der Waals surface area contributed by atoms with E-state index < -0.39 is 6.10 Å². The van der Waals surface area contributed by atoms with Gasteiger partial charge < -0.3 is 14.6 Å². The van der Waals surface area contributed by atoms with Gasteiger partial charge in [0.1, 0.15) is 17.6 Å². The summed E-state index contributed by atoms with van der Waals surface area (Å²) in [6.45, 7) is 0. The average Bonchev–Trinajstić information content (AvgIpc) is 3.30. The molecule has 1 fully saturated rings. The fourth-order valence-electron chi connectivity index (χ4n) is 2.23. The van der Waals surface area contributed by atoms with Gasteiger partial charge in [-0.1, -0.05) is 23.7 Å². The Kier molecular flexibility index (Phi) is 4.04. The molecule has 0 radical (unpaired) electrons. The Balaban J connectivity index is 1.90. The minimum atomic E-state index is -0.804. The molecule has 1 unspecified atom stereocenters. The van der Waals surface area contributed by atoms with Crippen LogP contribution in [0.15, 0.2) is 42.5 Å². The molecule has 2 aromatic carbocycles. The molecular formula is C17H17ClO3. The SMILES string of the molecule is COc1ccc(Cl)cc1C(O)c1cccc(OC2CC2)c1. The monoisotopic (exact) mass is 304 g/mol. The Bertz CT molecular complexity index is 638. The van der Waals surface area contributed by atoms with Crippen LogP contribution in [0.3, 0.4) is 0 Å². The normalized spacial score (nSPS) is 15.6. The number of hydrogen-bond donors (Lipinski definition) is 1. The molecule has 0 amide bonds. The van der Waals surface area contributed by atoms with Crippen molar-refractivity contribution in [3.63, 3.8) is 0 Å². The highest BCUT2D eigenvalue weighted by atomic mass is 35.5. The molecular weight excluding hydrogens is 288 g/mol. The molecule has 1 atom stereocenters. The predicted molar refractivity (Wildman–Crippen MR) is 82.2 cm³/mol. The Morgan fingerprint density at radius 2 is 2.00 bits per heavy atom. The van der Waals surface area contributed by atoms with Crippen molar-refractivity contribution >= 4 is 11.6 Å². The molecule has 0 aromatic heterocycles. The van der Waals surface area contributed by atoms with Crippen molar-refractivity contribution in [2.75, 3.05) is 7.11 Å². The molecule has 1 saturated carbocycles. The van der Waals surface area contributed by atoms with Crippen LogP contribution >= 0.6 is 11.6 Å². The van der Waals surface area contributed by atoms with Gasteiger partial charge in [-0.05, 0) is 48.7 Å². The van der Waals surface area contributed by atoms with Gasteiger partial charge in [0.15, 0.2) is 0 Å². The second-order valence-corrected chi connectivity index (χ2v) is 5.61. The summed E-state index contributed by atoms with van der Waals surface area (Å²) >= 11 is 6.02. The number of rotatable bonds is 5. The van der Waals surface area contributed by atoms with Crippen molar-refractivity contribution in [1.29, 1.82) is 0 Å². The van der Waals surface area contributed by atoms with Crippen LogP contribution in [0.5, 0.6) is 11.5 Å². The zero-order valence-electron chi connectivity index (χ0n) is 11.8. The van der Waals surface area contributed by atoms with Crippen molar-refractivity contribution in [2.45, 2.75) is 25.0 Å². The van der Waals surface area contributed by atoms with Gasteiger partial charge in [-0.3, -0.25) is 0 Å². The maximum absolute atomic E-state index is 10.6. The lowest BCUT2D eigenvalue weighted by Crippen LogP contribution is -2.03. The highest BCUT2D eigenvalue weighted by Crippen LogP contribution is 2.34. The molecule has 1 aliphatic carbocycles. The Morgan fingerprint density at radius 1 is 1.19 bits per heavy atom. The number of aliphatic hydroxyl groups is 1. The fourth-order valence-corrected chi connectivity index (χ4v) is 2.42. The standard InChI is InChI=1S/C17H17ClO3/c1-20-16-8-5-12(18)10-15(16)17(19)11-3-2-4-14(9-11)21-13-6-7-13/h2-5,8-10,13,17,19H,6-7H2,1H3. The maximum Gasteiger partial charge on any atom is 0.125 e. The number of halogens is 1. The van der Waals surface area contributed by atoms with Crippen LogP contribution in [0.4, 0.5) is 0 Å². The van der Waals surface area contributed by atoms with Crippen LogP contribution < -0.4 is 9.47 Å². The largest absolute Gasteiger partial charge is 0.496 e. The van der Waals surface area contributed by atoms with E-state index in [0.717, 1.165) is 24.2 Å². The zero-order valence-corrected chi connectivity index (χ0v) is 12.5. The van der Waals surface area contributed by atoms with Gasteiger partial charge in [-0.2, -0.15) is 0 Å². The summed E-state index contributed by atoms with van der Waals surface area (Å²) in [6.07, 6.45) is 1.74. The molecule has 4 heteroatoms. The highest BCUT2D eigenvalue weighted by molar-refractivity contribution is 6.30. The Labute approximate surface area is 129 Å². The van der Waals surface area contributed by atoms with Crippen LogP contribution in [-0.2, 0) is 0 Å². The third-order valence-corrected chi connectivity index (χ3v) is 3.72. The molecule has 1 N–H and O–H groups in total. The van der Waals surface area contributed by atoms with E-state index in [1.807, 2.05) is 24.3 Å². The second kappa shape index (κ2) is 5.96.